The number of aromatic nitrogens is 3. The molecule has 0 radical (unpaired) electrons. The van der Waals surface area contributed by atoms with E-state index in [4.69, 9.17) is 0 Å². The van der Waals surface area contributed by atoms with Crippen LogP contribution >= 0.6 is 34.4 Å². The molecule has 1 N–H and O–H groups in total. The molecule has 6 nitrogen and oxygen atoms in total. The summed E-state index contributed by atoms with van der Waals surface area (Å²) in [5.74, 6) is 0. The lowest BCUT2D eigenvalue weighted by Crippen LogP contribution is -2.11. The van der Waals surface area contributed by atoms with Crippen molar-refractivity contribution in [1.82, 2.24) is 13.7 Å². The molecular weight excluding hydrogens is 384 g/mol. The van der Waals surface area contributed by atoms with Crippen LogP contribution in [0.25, 0.3) is 21.6 Å². The number of hydrogen-bond acceptors (Lipinski definition) is 8. The molecule has 0 aliphatic rings. The molecule has 0 saturated heterocycles. The highest BCUT2D eigenvalue weighted by Crippen LogP contribution is 2.32. The lowest BCUT2D eigenvalue weighted by atomic mass is 10.3. The van der Waals surface area contributed by atoms with Gasteiger partial charge in [0.25, 0.3) is 10.0 Å². The Balaban J connectivity index is 1.63. The summed E-state index contributed by atoms with van der Waals surface area (Å²) in [7, 11) is -3.65. The topological polar surface area (TPSA) is 84.8 Å². The van der Waals surface area contributed by atoms with Crippen LogP contribution in [0, 0.1) is 6.92 Å². The molecule has 0 fully saturated rings. The predicted octanol–water partition coefficient (Wildman–Crippen LogP) is 3.99. The van der Waals surface area contributed by atoms with Gasteiger partial charge in [0.1, 0.15) is 15.2 Å². The molecule has 4 aromatic rings. The van der Waals surface area contributed by atoms with Gasteiger partial charge in [0.05, 0.1) is 33.0 Å². The molecule has 3 aromatic heterocycles. The summed E-state index contributed by atoms with van der Waals surface area (Å²) in [4.78, 5) is 5.22. The Bertz CT molecular complexity index is 1130. The second kappa shape index (κ2) is 5.88. The van der Waals surface area contributed by atoms with E-state index in [9.17, 15) is 8.42 Å². The van der Waals surface area contributed by atoms with Gasteiger partial charge < -0.3 is 0 Å². The maximum absolute atomic E-state index is 12.6. The van der Waals surface area contributed by atoms with E-state index in [0.717, 1.165) is 32.8 Å². The number of nitrogens with one attached hydrogen (secondary N) is 1. The lowest BCUT2D eigenvalue weighted by Gasteiger charge is -2.05. The monoisotopic (exact) mass is 394 g/mol. The summed E-state index contributed by atoms with van der Waals surface area (Å²) in [5.41, 5.74) is 2.69. The highest BCUT2D eigenvalue weighted by molar-refractivity contribution is 7.94. The number of thiazole rings is 1. The molecule has 10 heteroatoms. The van der Waals surface area contributed by atoms with Crippen molar-refractivity contribution in [3.05, 3.63) is 40.7 Å². The Labute approximate surface area is 150 Å². The van der Waals surface area contributed by atoms with Crippen LogP contribution in [0.5, 0.6) is 0 Å². The van der Waals surface area contributed by atoms with Crippen molar-refractivity contribution in [3.63, 3.8) is 0 Å². The Morgan fingerprint density at radius 2 is 1.92 bits per heavy atom. The first-order valence-corrected chi connectivity index (χ1v) is 10.7. The number of nitrogens with zero attached hydrogens (tertiary/aromatic N) is 3. The highest BCUT2D eigenvalue weighted by atomic mass is 32.2. The van der Waals surface area contributed by atoms with E-state index in [1.807, 2.05) is 12.3 Å². The zero-order valence-corrected chi connectivity index (χ0v) is 15.5. The molecule has 0 amide bonds. The van der Waals surface area contributed by atoms with E-state index in [-0.39, 0.29) is 4.21 Å². The van der Waals surface area contributed by atoms with Gasteiger partial charge in [-0.1, -0.05) is 0 Å². The molecule has 24 heavy (non-hydrogen) atoms. The number of sulfonamides is 1. The highest BCUT2D eigenvalue weighted by Gasteiger charge is 2.18. The van der Waals surface area contributed by atoms with Crippen molar-refractivity contribution in [3.8, 4) is 10.6 Å². The first-order chi connectivity index (χ1) is 11.5. The first kappa shape index (κ1) is 15.6. The standard InChI is InChI=1S/C14H10N4O2S4/c1-8-15-12(7-21-8)13-4-5-14(22-13)24(19,20)18-9-2-3-10-11(6-9)17-23-16-10/h2-7,18H,1H3. The second-order valence-electron chi connectivity index (χ2n) is 4.94. The van der Waals surface area contributed by atoms with Crippen LogP contribution < -0.4 is 4.72 Å². The number of anilines is 1. The van der Waals surface area contributed by atoms with Crippen LogP contribution in [0.3, 0.4) is 0 Å². The molecule has 0 aliphatic carbocycles. The number of fused-ring (bicyclic) bond motifs is 1. The molecular formula is C14H10N4O2S4. The van der Waals surface area contributed by atoms with Gasteiger partial charge in [-0.15, -0.1) is 22.7 Å². The van der Waals surface area contributed by atoms with Crippen LogP contribution in [-0.2, 0) is 10.0 Å². The average Bonchev–Trinajstić information content (AvgIpc) is 3.25. The molecule has 0 saturated carbocycles. The SMILES string of the molecule is Cc1nc(-c2ccc(S(=O)(=O)Nc3ccc4nsnc4c3)s2)cs1. The van der Waals surface area contributed by atoms with Gasteiger partial charge in [0, 0.05) is 5.38 Å². The molecule has 3 heterocycles. The van der Waals surface area contributed by atoms with Gasteiger partial charge in [0.15, 0.2) is 0 Å². The summed E-state index contributed by atoms with van der Waals surface area (Å²) < 4.78 is 36.2. The Morgan fingerprint density at radius 3 is 2.71 bits per heavy atom. The van der Waals surface area contributed by atoms with Gasteiger partial charge in [-0.25, -0.2) is 13.4 Å². The third-order valence-electron chi connectivity index (χ3n) is 3.22. The maximum Gasteiger partial charge on any atom is 0.271 e. The number of benzene rings is 1. The van der Waals surface area contributed by atoms with Gasteiger partial charge in [0.2, 0.25) is 0 Å². The molecule has 0 spiro atoms. The lowest BCUT2D eigenvalue weighted by molar-refractivity contribution is 0.603. The minimum absolute atomic E-state index is 0.250. The molecule has 0 atom stereocenters. The molecule has 122 valence electrons. The second-order valence-corrected chi connectivity index (χ2v) is 9.53. The zero-order valence-electron chi connectivity index (χ0n) is 12.3. The van der Waals surface area contributed by atoms with Crippen LogP contribution in [0.4, 0.5) is 5.69 Å². The van der Waals surface area contributed by atoms with E-state index in [1.54, 1.807) is 30.3 Å². The van der Waals surface area contributed by atoms with Crippen LogP contribution in [0.2, 0.25) is 0 Å². The third kappa shape index (κ3) is 2.93. The summed E-state index contributed by atoms with van der Waals surface area (Å²) in [6.07, 6.45) is 0. The number of aryl methyl sites for hydroxylation is 1. The summed E-state index contributed by atoms with van der Waals surface area (Å²) in [6, 6.07) is 8.48. The predicted molar refractivity (Wildman–Crippen MR) is 98.4 cm³/mol. The average molecular weight is 395 g/mol. The number of hydrogen-bond donors (Lipinski definition) is 1. The Morgan fingerprint density at radius 1 is 1.08 bits per heavy atom. The largest absolute Gasteiger partial charge is 0.279 e. The Kier molecular flexibility index (Phi) is 3.83. The molecule has 0 unspecified atom stereocenters. The van der Waals surface area contributed by atoms with E-state index < -0.39 is 10.0 Å². The van der Waals surface area contributed by atoms with E-state index in [0.29, 0.717) is 11.2 Å². The first-order valence-electron chi connectivity index (χ1n) is 6.79. The van der Waals surface area contributed by atoms with Gasteiger partial charge in [-0.3, -0.25) is 4.72 Å². The van der Waals surface area contributed by atoms with Gasteiger partial charge in [-0.05, 0) is 37.3 Å². The Hall–Kier alpha value is -1.88. The van der Waals surface area contributed by atoms with Crippen molar-refractivity contribution in [1.29, 1.82) is 0 Å². The van der Waals surface area contributed by atoms with Crippen molar-refractivity contribution in [2.24, 2.45) is 0 Å². The van der Waals surface area contributed by atoms with Crippen molar-refractivity contribution < 1.29 is 8.42 Å². The number of rotatable bonds is 4. The fourth-order valence-electron chi connectivity index (χ4n) is 2.13. The zero-order chi connectivity index (χ0) is 16.7. The van der Waals surface area contributed by atoms with E-state index in [1.165, 1.54) is 22.7 Å². The van der Waals surface area contributed by atoms with Crippen molar-refractivity contribution >= 4 is 61.1 Å². The smallest absolute Gasteiger partial charge is 0.271 e. The molecule has 4 rings (SSSR count). The van der Waals surface area contributed by atoms with E-state index >= 15 is 0 Å². The maximum atomic E-state index is 12.6. The quantitative estimate of drug-likeness (QED) is 0.566. The van der Waals surface area contributed by atoms with Crippen LogP contribution in [-0.4, -0.2) is 22.1 Å². The van der Waals surface area contributed by atoms with Crippen LogP contribution in [0.15, 0.2) is 39.9 Å². The summed E-state index contributed by atoms with van der Waals surface area (Å²) in [6.45, 7) is 1.92. The molecule has 0 aliphatic heterocycles. The molecule has 1 aromatic carbocycles. The minimum Gasteiger partial charge on any atom is -0.279 e. The fourth-order valence-corrected chi connectivity index (χ4v) is 5.65. The van der Waals surface area contributed by atoms with Gasteiger partial charge >= 0.3 is 0 Å². The minimum atomic E-state index is -3.65. The molecule has 0 bridgehead atoms. The fraction of sp³-hybridized carbons (Fsp3) is 0.0714. The van der Waals surface area contributed by atoms with Crippen molar-refractivity contribution in [2.75, 3.05) is 4.72 Å². The summed E-state index contributed by atoms with van der Waals surface area (Å²) in [5, 5.41) is 2.87. The summed E-state index contributed by atoms with van der Waals surface area (Å²) >= 11 is 3.84. The third-order valence-corrected chi connectivity index (χ3v) is 7.53. The van der Waals surface area contributed by atoms with Gasteiger partial charge in [-0.2, -0.15) is 8.75 Å². The van der Waals surface area contributed by atoms with E-state index in [2.05, 4.69) is 18.5 Å². The number of thiophene rings is 1. The normalized spacial score (nSPS) is 11.9. The van der Waals surface area contributed by atoms with Crippen LogP contribution in [0.1, 0.15) is 5.01 Å². The van der Waals surface area contributed by atoms with Crippen molar-refractivity contribution in [2.45, 2.75) is 11.1 Å².